The second-order valence-electron chi connectivity index (χ2n) is 6.32. The number of amides is 3. The van der Waals surface area contributed by atoms with Crippen LogP contribution >= 0.6 is 11.3 Å². The van der Waals surface area contributed by atoms with E-state index in [0.717, 1.165) is 10.4 Å². The fourth-order valence-corrected chi connectivity index (χ4v) is 3.54. The summed E-state index contributed by atoms with van der Waals surface area (Å²) < 4.78 is 16.0. The SMILES string of the molecule is COCCOc1ccc(C(C)NC(=O)CC(NC(N)=O)c2cccs2)cc1OC. The lowest BCUT2D eigenvalue weighted by molar-refractivity contribution is -0.122. The number of hydrogen-bond acceptors (Lipinski definition) is 6. The van der Waals surface area contributed by atoms with Crippen molar-refractivity contribution < 1.29 is 23.8 Å². The van der Waals surface area contributed by atoms with Gasteiger partial charge in [-0.3, -0.25) is 4.79 Å². The lowest BCUT2D eigenvalue weighted by Gasteiger charge is -2.20. The first kappa shape index (κ1) is 22.5. The van der Waals surface area contributed by atoms with Gasteiger partial charge in [-0.1, -0.05) is 12.1 Å². The van der Waals surface area contributed by atoms with Crippen LogP contribution in [-0.2, 0) is 9.53 Å². The number of hydrogen-bond donors (Lipinski definition) is 3. The first-order valence-electron chi connectivity index (χ1n) is 9.13. The number of nitrogens with one attached hydrogen (secondary N) is 2. The molecular weight excluding hydrogens is 394 g/mol. The quantitative estimate of drug-likeness (QED) is 0.483. The number of rotatable bonds is 11. The lowest BCUT2D eigenvalue weighted by atomic mass is 10.1. The average Bonchev–Trinajstić information content (AvgIpc) is 3.22. The summed E-state index contributed by atoms with van der Waals surface area (Å²) in [5.41, 5.74) is 6.11. The number of primary amides is 1. The van der Waals surface area contributed by atoms with E-state index in [1.165, 1.54) is 11.3 Å². The minimum Gasteiger partial charge on any atom is -0.493 e. The number of carbonyl (C=O) groups is 2. The maximum atomic E-state index is 12.5. The second kappa shape index (κ2) is 11.3. The van der Waals surface area contributed by atoms with Crippen LogP contribution in [0.25, 0.3) is 0 Å². The highest BCUT2D eigenvalue weighted by Gasteiger charge is 2.20. The van der Waals surface area contributed by atoms with Gasteiger partial charge < -0.3 is 30.6 Å². The summed E-state index contributed by atoms with van der Waals surface area (Å²) in [4.78, 5) is 24.7. The molecule has 2 aromatic rings. The van der Waals surface area contributed by atoms with E-state index in [1.807, 2.05) is 36.6 Å². The van der Waals surface area contributed by atoms with Crippen LogP contribution in [0.2, 0.25) is 0 Å². The number of ether oxygens (including phenoxy) is 3. The van der Waals surface area contributed by atoms with Gasteiger partial charge in [0, 0.05) is 12.0 Å². The van der Waals surface area contributed by atoms with Crippen molar-refractivity contribution in [3.63, 3.8) is 0 Å². The summed E-state index contributed by atoms with van der Waals surface area (Å²) >= 11 is 1.46. The Kier molecular flexibility index (Phi) is 8.75. The summed E-state index contributed by atoms with van der Waals surface area (Å²) in [5.74, 6) is 0.978. The summed E-state index contributed by atoms with van der Waals surface area (Å²) in [7, 11) is 3.17. The molecule has 0 aliphatic heterocycles. The van der Waals surface area contributed by atoms with Crippen molar-refractivity contribution in [2.45, 2.75) is 25.4 Å². The molecule has 0 saturated heterocycles. The van der Waals surface area contributed by atoms with Crippen molar-refractivity contribution in [1.82, 2.24) is 10.6 Å². The zero-order valence-corrected chi connectivity index (χ0v) is 17.6. The molecule has 0 radical (unpaired) electrons. The Morgan fingerprint density at radius 1 is 1.14 bits per heavy atom. The minimum absolute atomic E-state index is 0.0864. The predicted molar refractivity (Wildman–Crippen MR) is 111 cm³/mol. The molecule has 2 unspecified atom stereocenters. The van der Waals surface area contributed by atoms with Gasteiger partial charge in [0.2, 0.25) is 5.91 Å². The first-order valence-corrected chi connectivity index (χ1v) is 10.0. The molecule has 0 aliphatic rings. The largest absolute Gasteiger partial charge is 0.493 e. The van der Waals surface area contributed by atoms with E-state index >= 15 is 0 Å². The summed E-state index contributed by atoms with van der Waals surface area (Å²) in [6.45, 7) is 2.76. The van der Waals surface area contributed by atoms with Crippen LogP contribution in [0, 0.1) is 0 Å². The van der Waals surface area contributed by atoms with E-state index < -0.39 is 12.1 Å². The number of carbonyl (C=O) groups excluding carboxylic acids is 2. The molecule has 29 heavy (non-hydrogen) atoms. The van der Waals surface area contributed by atoms with Crippen molar-refractivity contribution >= 4 is 23.3 Å². The van der Waals surface area contributed by atoms with E-state index in [-0.39, 0.29) is 18.4 Å². The molecule has 0 fully saturated rings. The molecule has 2 atom stereocenters. The molecule has 0 aliphatic carbocycles. The third-order valence-electron chi connectivity index (χ3n) is 4.20. The van der Waals surface area contributed by atoms with Crippen molar-refractivity contribution in [1.29, 1.82) is 0 Å². The predicted octanol–water partition coefficient (Wildman–Crippen LogP) is 2.76. The van der Waals surface area contributed by atoms with E-state index in [4.69, 9.17) is 19.9 Å². The fourth-order valence-electron chi connectivity index (χ4n) is 2.76. The Hall–Kier alpha value is -2.78. The smallest absolute Gasteiger partial charge is 0.312 e. The van der Waals surface area contributed by atoms with Gasteiger partial charge in [-0.05, 0) is 36.1 Å². The summed E-state index contributed by atoms with van der Waals surface area (Å²) in [6, 6.07) is 7.81. The molecule has 158 valence electrons. The standard InChI is InChI=1S/C20H27N3O5S/c1-13(14-6-7-16(17(11-14)27-3)28-9-8-26-2)22-19(24)12-15(23-20(21)25)18-5-4-10-29-18/h4-7,10-11,13,15H,8-9,12H2,1-3H3,(H,22,24)(H3,21,23,25). The van der Waals surface area contributed by atoms with Gasteiger partial charge in [-0.15, -0.1) is 11.3 Å². The molecule has 0 bridgehead atoms. The number of thiophene rings is 1. The highest BCUT2D eigenvalue weighted by atomic mass is 32.1. The molecule has 2 rings (SSSR count). The zero-order valence-electron chi connectivity index (χ0n) is 16.8. The molecule has 8 nitrogen and oxygen atoms in total. The van der Waals surface area contributed by atoms with Gasteiger partial charge in [0.1, 0.15) is 6.61 Å². The van der Waals surface area contributed by atoms with Crippen LogP contribution in [0.15, 0.2) is 35.7 Å². The number of benzene rings is 1. The monoisotopic (exact) mass is 421 g/mol. The maximum absolute atomic E-state index is 12.5. The molecular formula is C20H27N3O5S. The molecule has 4 N–H and O–H groups in total. The van der Waals surface area contributed by atoms with E-state index in [1.54, 1.807) is 20.3 Å². The highest BCUT2D eigenvalue weighted by molar-refractivity contribution is 7.10. The van der Waals surface area contributed by atoms with Crippen molar-refractivity contribution in [3.8, 4) is 11.5 Å². The number of urea groups is 1. The Morgan fingerprint density at radius 3 is 2.55 bits per heavy atom. The molecule has 9 heteroatoms. The summed E-state index contributed by atoms with van der Waals surface area (Å²) in [5, 5.41) is 7.44. The van der Waals surface area contributed by atoms with Crippen LogP contribution in [0.3, 0.4) is 0 Å². The van der Waals surface area contributed by atoms with Gasteiger partial charge in [-0.25, -0.2) is 4.79 Å². The maximum Gasteiger partial charge on any atom is 0.312 e. The molecule has 1 heterocycles. The third kappa shape index (κ3) is 6.95. The molecule has 1 aromatic carbocycles. The van der Waals surface area contributed by atoms with Gasteiger partial charge in [0.25, 0.3) is 0 Å². The van der Waals surface area contributed by atoms with Gasteiger partial charge >= 0.3 is 6.03 Å². The normalized spacial score (nSPS) is 12.7. The topological polar surface area (TPSA) is 112 Å². The third-order valence-corrected chi connectivity index (χ3v) is 5.19. The molecule has 3 amide bonds. The first-order chi connectivity index (χ1) is 13.9. The van der Waals surface area contributed by atoms with Crippen molar-refractivity contribution in [2.75, 3.05) is 27.4 Å². The zero-order chi connectivity index (χ0) is 21.2. The van der Waals surface area contributed by atoms with E-state index in [9.17, 15) is 9.59 Å². The number of nitrogens with two attached hydrogens (primary N) is 1. The van der Waals surface area contributed by atoms with Crippen LogP contribution in [0.1, 0.15) is 35.9 Å². The van der Waals surface area contributed by atoms with Crippen LogP contribution in [0.5, 0.6) is 11.5 Å². The van der Waals surface area contributed by atoms with Crippen molar-refractivity contribution in [3.05, 3.63) is 46.2 Å². The van der Waals surface area contributed by atoms with Crippen molar-refractivity contribution in [2.24, 2.45) is 5.73 Å². The molecule has 1 aromatic heterocycles. The van der Waals surface area contributed by atoms with Crippen LogP contribution in [-0.4, -0.2) is 39.4 Å². The van der Waals surface area contributed by atoms with Crippen LogP contribution in [0.4, 0.5) is 4.79 Å². The second-order valence-corrected chi connectivity index (χ2v) is 7.30. The Morgan fingerprint density at radius 2 is 1.93 bits per heavy atom. The Balaban J connectivity index is 2.01. The molecule has 0 spiro atoms. The van der Waals surface area contributed by atoms with E-state index in [2.05, 4.69) is 10.6 Å². The minimum atomic E-state index is -0.668. The highest BCUT2D eigenvalue weighted by Crippen LogP contribution is 2.30. The van der Waals surface area contributed by atoms with Crippen LogP contribution < -0.4 is 25.8 Å². The van der Waals surface area contributed by atoms with E-state index in [0.29, 0.717) is 24.7 Å². The summed E-state index contributed by atoms with van der Waals surface area (Å²) in [6.07, 6.45) is 0.0864. The lowest BCUT2D eigenvalue weighted by Crippen LogP contribution is -2.36. The Labute approximate surface area is 174 Å². The average molecular weight is 422 g/mol. The molecule has 0 saturated carbocycles. The fraction of sp³-hybridized carbons (Fsp3) is 0.400. The number of methoxy groups -OCH3 is 2. The van der Waals surface area contributed by atoms with Gasteiger partial charge in [0.05, 0.1) is 32.2 Å². The van der Waals surface area contributed by atoms with Gasteiger partial charge in [-0.2, -0.15) is 0 Å². The van der Waals surface area contributed by atoms with Gasteiger partial charge in [0.15, 0.2) is 11.5 Å². The Bertz CT molecular complexity index is 797.